The first kappa shape index (κ1) is 16.1. The Bertz CT molecular complexity index is 564. The molecule has 6 heteroatoms. The van der Waals surface area contributed by atoms with Crippen LogP contribution in [-0.2, 0) is 4.74 Å². The molecule has 2 heterocycles. The Labute approximate surface area is 140 Å². The lowest BCUT2D eigenvalue weighted by Crippen LogP contribution is -2.25. The molecular weight excluding hydrogens is 398 g/mol. The maximum Gasteiger partial charge on any atom is 0.130 e. The maximum atomic E-state index is 5.28. The van der Waals surface area contributed by atoms with E-state index in [0.29, 0.717) is 19.8 Å². The minimum atomic E-state index is 0.530. The highest BCUT2D eigenvalue weighted by atomic mass is 79.9. The Morgan fingerprint density at radius 1 is 1.00 bits per heavy atom. The van der Waals surface area contributed by atoms with Gasteiger partial charge in [-0.25, -0.2) is 4.98 Å². The Hall–Kier alpha value is -1.24. The summed E-state index contributed by atoms with van der Waals surface area (Å²) < 4.78 is 6.83. The standard InChI is InChI=1S/C9H9Br2N3O.C6H6/c10-7-2-1-6(9(11)14-7)13-8-5-15-4-3-12-8;1-2-4-6-5-3-1/h1-2H,3-5H2,(H,12,13);1-6H. The van der Waals surface area contributed by atoms with Crippen LogP contribution in [0.15, 0.2) is 62.7 Å². The van der Waals surface area contributed by atoms with Gasteiger partial charge in [-0.1, -0.05) is 36.4 Å². The third-order valence-electron chi connectivity index (χ3n) is 2.54. The van der Waals surface area contributed by atoms with Gasteiger partial charge in [-0.15, -0.1) is 0 Å². The molecule has 0 radical (unpaired) electrons. The summed E-state index contributed by atoms with van der Waals surface area (Å²) in [6.07, 6.45) is 0. The summed E-state index contributed by atoms with van der Waals surface area (Å²) in [5, 5.41) is 3.17. The van der Waals surface area contributed by atoms with E-state index in [1.165, 1.54) is 0 Å². The fourth-order valence-corrected chi connectivity index (χ4v) is 2.55. The van der Waals surface area contributed by atoms with Crippen LogP contribution in [0.5, 0.6) is 0 Å². The number of nitrogens with one attached hydrogen (secondary N) is 1. The van der Waals surface area contributed by atoms with Gasteiger partial charge in [-0.3, -0.25) is 4.99 Å². The molecule has 0 atom stereocenters. The largest absolute Gasteiger partial charge is 0.372 e. The van der Waals surface area contributed by atoms with E-state index in [4.69, 9.17) is 4.74 Å². The van der Waals surface area contributed by atoms with E-state index in [0.717, 1.165) is 20.7 Å². The second-order valence-electron chi connectivity index (χ2n) is 4.13. The summed E-state index contributed by atoms with van der Waals surface area (Å²) in [4.78, 5) is 8.52. The maximum absolute atomic E-state index is 5.28. The van der Waals surface area contributed by atoms with Crippen molar-refractivity contribution in [3.8, 4) is 0 Å². The number of halogens is 2. The zero-order valence-electron chi connectivity index (χ0n) is 11.3. The summed E-state index contributed by atoms with van der Waals surface area (Å²) in [7, 11) is 0. The van der Waals surface area contributed by atoms with Gasteiger partial charge in [0.2, 0.25) is 0 Å². The number of anilines is 1. The molecule has 2 aromatic rings. The van der Waals surface area contributed by atoms with Gasteiger partial charge < -0.3 is 10.1 Å². The Morgan fingerprint density at radius 3 is 2.19 bits per heavy atom. The van der Waals surface area contributed by atoms with Crippen LogP contribution >= 0.6 is 31.9 Å². The Kier molecular flexibility index (Phi) is 6.85. The SMILES string of the molecule is Brc1ccc(NC2=NCCOC2)c(Br)n1.c1ccccc1. The zero-order chi connectivity index (χ0) is 14.9. The number of amidine groups is 1. The van der Waals surface area contributed by atoms with E-state index in [1.807, 2.05) is 48.5 Å². The summed E-state index contributed by atoms with van der Waals surface area (Å²) in [5.41, 5.74) is 0.891. The van der Waals surface area contributed by atoms with Gasteiger partial charge in [-0.05, 0) is 44.0 Å². The van der Waals surface area contributed by atoms with Gasteiger partial charge >= 0.3 is 0 Å². The predicted molar refractivity (Wildman–Crippen MR) is 92.8 cm³/mol. The summed E-state index contributed by atoms with van der Waals surface area (Å²) in [6, 6.07) is 15.8. The van der Waals surface area contributed by atoms with E-state index in [-0.39, 0.29) is 0 Å². The Balaban J connectivity index is 0.000000225. The molecule has 0 amide bonds. The van der Waals surface area contributed by atoms with Crippen LogP contribution in [0, 0.1) is 0 Å². The molecule has 0 fully saturated rings. The van der Waals surface area contributed by atoms with E-state index in [9.17, 15) is 0 Å². The quantitative estimate of drug-likeness (QED) is 0.716. The number of nitrogens with zero attached hydrogens (tertiary/aromatic N) is 2. The molecule has 0 unspecified atom stereocenters. The number of hydrogen-bond acceptors (Lipinski definition) is 4. The van der Waals surface area contributed by atoms with Crippen LogP contribution in [0.2, 0.25) is 0 Å². The monoisotopic (exact) mass is 411 g/mol. The minimum absolute atomic E-state index is 0.530. The van der Waals surface area contributed by atoms with Crippen LogP contribution < -0.4 is 5.32 Å². The van der Waals surface area contributed by atoms with E-state index in [1.54, 1.807) is 0 Å². The van der Waals surface area contributed by atoms with Crippen molar-refractivity contribution in [2.45, 2.75) is 0 Å². The molecule has 21 heavy (non-hydrogen) atoms. The summed E-state index contributed by atoms with van der Waals surface area (Å²) in [5.74, 6) is 0.839. The molecule has 110 valence electrons. The molecule has 1 aliphatic heterocycles. The Morgan fingerprint density at radius 2 is 1.67 bits per heavy atom. The number of rotatable bonds is 1. The van der Waals surface area contributed by atoms with Crippen molar-refractivity contribution in [2.24, 2.45) is 4.99 Å². The lowest BCUT2D eigenvalue weighted by atomic mass is 10.4. The van der Waals surface area contributed by atoms with Crippen molar-refractivity contribution in [3.63, 3.8) is 0 Å². The van der Waals surface area contributed by atoms with Gasteiger partial charge in [0.15, 0.2) is 0 Å². The second kappa shape index (κ2) is 8.92. The molecule has 0 bridgehead atoms. The van der Waals surface area contributed by atoms with Crippen LogP contribution in [-0.4, -0.2) is 30.6 Å². The molecule has 0 aliphatic carbocycles. The zero-order valence-corrected chi connectivity index (χ0v) is 14.5. The minimum Gasteiger partial charge on any atom is -0.372 e. The van der Waals surface area contributed by atoms with Gasteiger partial charge in [0.05, 0.1) is 18.8 Å². The number of aromatic nitrogens is 1. The highest BCUT2D eigenvalue weighted by Crippen LogP contribution is 2.22. The molecule has 0 saturated carbocycles. The molecule has 0 spiro atoms. The molecule has 4 nitrogen and oxygen atoms in total. The van der Waals surface area contributed by atoms with E-state index < -0.39 is 0 Å². The second-order valence-corrected chi connectivity index (χ2v) is 5.70. The highest BCUT2D eigenvalue weighted by molar-refractivity contribution is 9.11. The fourth-order valence-electron chi connectivity index (χ4n) is 1.58. The average molecular weight is 413 g/mol. The smallest absolute Gasteiger partial charge is 0.130 e. The first-order chi connectivity index (χ1) is 10.3. The molecule has 1 aliphatic rings. The molecule has 1 aromatic carbocycles. The summed E-state index contributed by atoms with van der Waals surface area (Å²) in [6.45, 7) is 1.94. The van der Waals surface area contributed by atoms with Crippen LogP contribution in [0.1, 0.15) is 0 Å². The molecule has 1 N–H and O–H groups in total. The van der Waals surface area contributed by atoms with Gasteiger partial charge in [0.1, 0.15) is 21.6 Å². The lowest BCUT2D eigenvalue weighted by Gasteiger charge is -2.15. The van der Waals surface area contributed by atoms with Gasteiger partial charge in [0, 0.05) is 0 Å². The fraction of sp³-hybridized carbons (Fsp3) is 0.200. The first-order valence-electron chi connectivity index (χ1n) is 6.46. The number of hydrogen-bond donors (Lipinski definition) is 1. The molecule has 1 aromatic heterocycles. The van der Waals surface area contributed by atoms with Gasteiger partial charge in [0.25, 0.3) is 0 Å². The van der Waals surface area contributed by atoms with Crippen molar-refractivity contribution in [2.75, 3.05) is 25.1 Å². The number of ether oxygens (including phenoxy) is 1. The number of pyridine rings is 1. The van der Waals surface area contributed by atoms with Crippen LogP contribution in [0.4, 0.5) is 5.69 Å². The average Bonchev–Trinajstić information content (AvgIpc) is 2.53. The predicted octanol–water partition coefficient (Wildman–Crippen LogP) is 4.13. The van der Waals surface area contributed by atoms with Crippen molar-refractivity contribution in [1.29, 1.82) is 0 Å². The number of benzene rings is 1. The third kappa shape index (κ3) is 5.95. The topological polar surface area (TPSA) is 46.5 Å². The van der Waals surface area contributed by atoms with Crippen molar-refractivity contribution < 1.29 is 4.74 Å². The number of aliphatic imine (C=N–C) groups is 1. The van der Waals surface area contributed by atoms with Crippen molar-refractivity contribution in [3.05, 3.63) is 57.7 Å². The van der Waals surface area contributed by atoms with Crippen molar-refractivity contribution >= 4 is 43.4 Å². The molecular formula is C15H15Br2N3O. The van der Waals surface area contributed by atoms with Crippen LogP contribution in [0.3, 0.4) is 0 Å². The molecule has 0 saturated heterocycles. The van der Waals surface area contributed by atoms with Gasteiger partial charge in [-0.2, -0.15) is 0 Å². The van der Waals surface area contributed by atoms with E-state index >= 15 is 0 Å². The first-order valence-corrected chi connectivity index (χ1v) is 8.04. The molecule has 3 rings (SSSR count). The highest BCUT2D eigenvalue weighted by Gasteiger charge is 2.08. The normalized spacial score (nSPS) is 13.7. The third-order valence-corrected chi connectivity index (χ3v) is 3.58. The van der Waals surface area contributed by atoms with Crippen molar-refractivity contribution in [1.82, 2.24) is 4.98 Å². The lowest BCUT2D eigenvalue weighted by molar-refractivity contribution is 0.171. The van der Waals surface area contributed by atoms with Crippen LogP contribution in [0.25, 0.3) is 0 Å². The summed E-state index contributed by atoms with van der Waals surface area (Å²) >= 11 is 6.67. The van der Waals surface area contributed by atoms with E-state index in [2.05, 4.69) is 47.2 Å².